The lowest BCUT2D eigenvalue weighted by Gasteiger charge is -2.11. The number of aliphatic hydroxyl groups excluding tert-OH is 1. The van der Waals surface area contributed by atoms with Crippen LogP contribution in [0.25, 0.3) is 0 Å². The van der Waals surface area contributed by atoms with E-state index < -0.39 is 0 Å². The second kappa shape index (κ2) is 2.82. The molecule has 0 atom stereocenters. The van der Waals surface area contributed by atoms with Crippen molar-refractivity contribution in [2.45, 2.75) is 6.42 Å². The van der Waals surface area contributed by atoms with Gasteiger partial charge in [-0.25, -0.2) is 0 Å². The number of nitrogens with zero attached hydrogens (tertiary/aromatic N) is 1. The second-order valence-electron chi connectivity index (χ2n) is 2.08. The minimum Gasteiger partial charge on any atom is -0.387 e. The van der Waals surface area contributed by atoms with Gasteiger partial charge >= 0.3 is 0 Å². The van der Waals surface area contributed by atoms with Crippen LogP contribution in [0.5, 0.6) is 0 Å². The largest absolute Gasteiger partial charge is 0.387 e. The predicted molar refractivity (Wildman–Crippen MR) is 32.6 cm³/mol. The van der Waals surface area contributed by atoms with Gasteiger partial charge in [0.05, 0.1) is 0 Å². The number of aliphatic hydroxyl groups is 1. The fourth-order valence-corrected chi connectivity index (χ4v) is 0.912. The van der Waals surface area contributed by atoms with Gasteiger partial charge in [0.1, 0.15) is 6.61 Å². The molecular weight excluding hydrogens is 118 g/mol. The van der Waals surface area contributed by atoms with E-state index in [1.807, 2.05) is 6.42 Å². The van der Waals surface area contributed by atoms with Gasteiger partial charge in [0.25, 0.3) is 0 Å². The summed E-state index contributed by atoms with van der Waals surface area (Å²) in [4.78, 5) is 12.3. The van der Waals surface area contributed by atoms with Crippen LogP contribution < -0.4 is 0 Å². The third-order valence-corrected chi connectivity index (χ3v) is 1.44. The van der Waals surface area contributed by atoms with Crippen LogP contribution in [0.15, 0.2) is 0 Å². The molecule has 0 aliphatic carbocycles. The molecule has 1 aliphatic heterocycles. The van der Waals surface area contributed by atoms with E-state index in [0.717, 1.165) is 13.0 Å². The average molecular weight is 128 g/mol. The predicted octanol–water partition coefficient (Wildman–Crippen LogP) is -0.585. The molecule has 1 heterocycles. The highest BCUT2D eigenvalue weighted by Crippen LogP contribution is 2.05. The highest BCUT2D eigenvalue weighted by Gasteiger charge is 2.15. The smallest absolute Gasteiger partial charge is 0.248 e. The Labute approximate surface area is 54.3 Å². The molecule has 1 radical (unpaired) electrons. The molecule has 9 heavy (non-hydrogen) atoms. The molecule has 1 N–H and O–H groups in total. The maximum atomic E-state index is 10.7. The van der Waals surface area contributed by atoms with E-state index in [-0.39, 0.29) is 12.5 Å². The van der Waals surface area contributed by atoms with Crippen molar-refractivity contribution < 1.29 is 9.90 Å². The van der Waals surface area contributed by atoms with Crippen LogP contribution in [0, 0.1) is 6.42 Å². The zero-order valence-electron chi connectivity index (χ0n) is 5.21. The van der Waals surface area contributed by atoms with Crippen LogP contribution >= 0.6 is 0 Å². The summed E-state index contributed by atoms with van der Waals surface area (Å²) in [7, 11) is 0. The van der Waals surface area contributed by atoms with E-state index in [4.69, 9.17) is 5.11 Å². The lowest BCUT2D eigenvalue weighted by Crippen LogP contribution is -2.29. The summed E-state index contributed by atoms with van der Waals surface area (Å²) in [6, 6.07) is 0. The van der Waals surface area contributed by atoms with Crippen LogP contribution in [-0.4, -0.2) is 35.6 Å². The van der Waals surface area contributed by atoms with Gasteiger partial charge in [-0.3, -0.25) is 4.79 Å². The third kappa shape index (κ3) is 1.42. The van der Waals surface area contributed by atoms with Gasteiger partial charge in [0, 0.05) is 13.1 Å². The van der Waals surface area contributed by atoms with Crippen molar-refractivity contribution in [3.05, 3.63) is 6.42 Å². The molecule has 0 spiro atoms. The van der Waals surface area contributed by atoms with Gasteiger partial charge in [0.2, 0.25) is 5.91 Å². The first-order valence-electron chi connectivity index (χ1n) is 3.05. The minimum atomic E-state index is -0.353. The Bertz CT molecular complexity index is 108. The quantitative estimate of drug-likeness (QED) is 0.513. The number of rotatable bonds is 1. The fourth-order valence-electron chi connectivity index (χ4n) is 0.912. The summed E-state index contributed by atoms with van der Waals surface area (Å²) in [5.74, 6) is -0.163. The van der Waals surface area contributed by atoms with Crippen molar-refractivity contribution in [3.63, 3.8) is 0 Å². The lowest BCUT2D eigenvalue weighted by molar-refractivity contribution is -0.132. The van der Waals surface area contributed by atoms with Crippen LogP contribution in [-0.2, 0) is 4.79 Å². The zero-order valence-corrected chi connectivity index (χ0v) is 5.21. The Morgan fingerprint density at radius 2 is 2.56 bits per heavy atom. The monoisotopic (exact) mass is 128 g/mol. The summed E-state index contributed by atoms with van der Waals surface area (Å²) in [6.45, 7) is 1.13. The van der Waals surface area contributed by atoms with Gasteiger partial charge in [-0.1, -0.05) is 0 Å². The molecule has 0 aromatic carbocycles. The van der Waals surface area contributed by atoms with Gasteiger partial charge in [0.15, 0.2) is 0 Å². The van der Waals surface area contributed by atoms with E-state index in [2.05, 4.69) is 0 Å². The van der Waals surface area contributed by atoms with Crippen molar-refractivity contribution in [3.8, 4) is 0 Å². The van der Waals surface area contributed by atoms with Crippen LogP contribution in [0.2, 0.25) is 0 Å². The van der Waals surface area contributed by atoms with Gasteiger partial charge < -0.3 is 10.0 Å². The molecule has 1 fully saturated rings. The van der Waals surface area contributed by atoms with Crippen molar-refractivity contribution in [2.24, 2.45) is 0 Å². The van der Waals surface area contributed by atoms with Gasteiger partial charge in [-0.2, -0.15) is 0 Å². The Balaban J connectivity index is 2.32. The number of hydrogen-bond donors (Lipinski definition) is 1. The standard InChI is InChI=1S/C6H10NO2/c8-5-6(9)7-3-1-2-4-7/h1,8H,2-5H2. The molecule has 1 aliphatic rings. The van der Waals surface area contributed by atoms with Crippen molar-refractivity contribution >= 4 is 5.91 Å². The molecule has 3 nitrogen and oxygen atoms in total. The summed E-state index contributed by atoms with van der Waals surface area (Å²) in [6.07, 6.45) is 3.00. The molecule has 1 saturated heterocycles. The highest BCUT2D eigenvalue weighted by molar-refractivity contribution is 5.77. The fraction of sp³-hybridized carbons (Fsp3) is 0.667. The molecule has 0 unspecified atom stereocenters. The number of carbonyl (C=O) groups is 1. The topological polar surface area (TPSA) is 40.5 Å². The van der Waals surface area contributed by atoms with Crippen LogP contribution in [0.3, 0.4) is 0 Å². The summed E-state index contributed by atoms with van der Waals surface area (Å²) in [5.41, 5.74) is 0. The molecule has 3 heteroatoms. The SMILES string of the molecule is O=C(CO)N1C[CH]CC1. The molecule has 0 aromatic heterocycles. The van der Waals surface area contributed by atoms with E-state index in [1.54, 1.807) is 4.90 Å². The van der Waals surface area contributed by atoms with Gasteiger partial charge in [-0.05, 0) is 12.8 Å². The van der Waals surface area contributed by atoms with E-state index >= 15 is 0 Å². The molecule has 1 amide bonds. The van der Waals surface area contributed by atoms with Gasteiger partial charge in [-0.15, -0.1) is 0 Å². The molecule has 1 rings (SSSR count). The Hall–Kier alpha value is -0.570. The second-order valence-corrected chi connectivity index (χ2v) is 2.08. The van der Waals surface area contributed by atoms with Crippen molar-refractivity contribution in [2.75, 3.05) is 19.7 Å². The van der Waals surface area contributed by atoms with E-state index in [0.29, 0.717) is 6.54 Å². The van der Waals surface area contributed by atoms with E-state index in [9.17, 15) is 4.79 Å². The number of likely N-dealkylation sites (tertiary alicyclic amines) is 1. The molecule has 51 valence electrons. The van der Waals surface area contributed by atoms with Crippen LogP contribution in [0.4, 0.5) is 0 Å². The maximum absolute atomic E-state index is 10.7. The number of carbonyl (C=O) groups excluding carboxylic acids is 1. The number of amides is 1. The summed E-state index contributed by atoms with van der Waals surface area (Å²) >= 11 is 0. The zero-order chi connectivity index (χ0) is 6.69. The average Bonchev–Trinajstić information content (AvgIpc) is 2.37. The Morgan fingerprint density at radius 3 is 3.00 bits per heavy atom. The summed E-state index contributed by atoms with van der Waals surface area (Å²) < 4.78 is 0. The molecule has 0 saturated carbocycles. The normalized spacial score (nSPS) is 18.6. The van der Waals surface area contributed by atoms with E-state index in [1.165, 1.54) is 0 Å². The maximum Gasteiger partial charge on any atom is 0.248 e. The highest BCUT2D eigenvalue weighted by atomic mass is 16.3. The van der Waals surface area contributed by atoms with Crippen molar-refractivity contribution in [1.29, 1.82) is 0 Å². The first kappa shape index (κ1) is 6.55. The molecule has 0 bridgehead atoms. The summed E-state index contributed by atoms with van der Waals surface area (Å²) in [5, 5.41) is 8.39. The lowest BCUT2D eigenvalue weighted by atomic mass is 10.4. The first-order valence-corrected chi connectivity index (χ1v) is 3.05. The Kier molecular flexibility index (Phi) is 2.05. The Morgan fingerprint density at radius 1 is 1.78 bits per heavy atom. The van der Waals surface area contributed by atoms with Crippen LogP contribution in [0.1, 0.15) is 6.42 Å². The van der Waals surface area contributed by atoms with Crippen molar-refractivity contribution in [1.82, 2.24) is 4.90 Å². The minimum absolute atomic E-state index is 0.163. The molecular formula is C6H10NO2. The molecule has 0 aromatic rings. The third-order valence-electron chi connectivity index (χ3n) is 1.44. The first-order chi connectivity index (χ1) is 4.34. The number of hydrogen-bond acceptors (Lipinski definition) is 2.